The minimum absolute atomic E-state index is 0.0155. The molecule has 6 aromatic rings. The van der Waals surface area contributed by atoms with E-state index >= 15 is 0 Å². The van der Waals surface area contributed by atoms with Crippen molar-refractivity contribution in [2.45, 2.75) is 33.5 Å². The van der Waals surface area contributed by atoms with Crippen molar-refractivity contribution in [2.24, 2.45) is 0 Å². The number of aryl methyl sites for hydroxylation is 3. The monoisotopic (exact) mass is 555 g/mol. The van der Waals surface area contributed by atoms with Gasteiger partial charge in [-0.05, 0) is 67.8 Å². The average Bonchev–Trinajstić information content (AvgIpc) is 3.28. The maximum atomic E-state index is 14.0. The van der Waals surface area contributed by atoms with Crippen LogP contribution in [0, 0.1) is 20.8 Å². The van der Waals surface area contributed by atoms with Crippen LogP contribution in [0.15, 0.2) is 71.8 Å². The highest BCUT2D eigenvalue weighted by molar-refractivity contribution is 5.98. The molecule has 0 atom stereocenters. The van der Waals surface area contributed by atoms with Crippen LogP contribution in [0.5, 0.6) is 0 Å². The second-order valence-electron chi connectivity index (χ2n) is 9.97. The lowest BCUT2D eigenvalue weighted by atomic mass is 10.0. The van der Waals surface area contributed by atoms with E-state index in [1.807, 2.05) is 50.2 Å². The number of para-hydroxylation sites is 1. The zero-order valence-electron chi connectivity index (χ0n) is 22.4. The van der Waals surface area contributed by atoms with Crippen LogP contribution in [0.25, 0.3) is 38.9 Å². The fourth-order valence-corrected chi connectivity index (χ4v) is 5.17. The molecule has 0 bridgehead atoms. The molecule has 0 aliphatic carbocycles. The van der Waals surface area contributed by atoms with Crippen LogP contribution in [0.2, 0.25) is 0 Å². The Bertz CT molecular complexity index is 2040. The molecule has 3 aromatic carbocycles. The molecule has 3 heterocycles. The number of hydrogen-bond donors (Lipinski definition) is 1. The first-order valence-corrected chi connectivity index (χ1v) is 12.8. The fraction of sp³-hybridized carbons (Fsp3) is 0.167. The first-order valence-electron chi connectivity index (χ1n) is 12.8. The Hall–Kier alpha value is -5.06. The Kier molecular flexibility index (Phi) is 6.09. The van der Waals surface area contributed by atoms with Crippen molar-refractivity contribution < 1.29 is 13.2 Å². The Morgan fingerprint density at radius 3 is 2.41 bits per heavy atom. The third-order valence-electron chi connectivity index (χ3n) is 7.06. The van der Waals surface area contributed by atoms with E-state index in [1.54, 1.807) is 23.6 Å². The molecule has 8 nitrogen and oxygen atoms in total. The van der Waals surface area contributed by atoms with Gasteiger partial charge < -0.3 is 5.73 Å². The van der Waals surface area contributed by atoms with Gasteiger partial charge in [-0.25, -0.2) is 19.6 Å². The third kappa shape index (κ3) is 4.48. The van der Waals surface area contributed by atoms with E-state index in [-0.39, 0.29) is 29.2 Å². The lowest BCUT2D eigenvalue weighted by Gasteiger charge is -2.16. The molecule has 0 saturated carbocycles. The summed E-state index contributed by atoms with van der Waals surface area (Å²) in [7, 11) is 0. The fourth-order valence-electron chi connectivity index (χ4n) is 5.17. The molecule has 0 unspecified atom stereocenters. The zero-order chi connectivity index (χ0) is 29.1. The van der Waals surface area contributed by atoms with E-state index in [9.17, 15) is 18.0 Å². The Balaban J connectivity index is 1.61. The first-order chi connectivity index (χ1) is 19.5. The van der Waals surface area contributed by atoms with Crippen molar-refractivity contribution in [3.05, 3.63) is 105 Å². The molecule has 0 saturated heterocycles. The molecule has 41 heavy (non-hydrogen) atoms. The van der Waals surface area contributed by atoms with Crippen molar-refractivity contribution in [1.82, 2.24) is 29.3 Å². The molecule has 2 N–H and O–H groups in total. The van der Waals surface area contributed by atoms with E-state index in [0.717, 1.165) is 23.3 Å². The number of hydrogen-bond acceptors (Lipinski definition) is 6. The van der Waals surface area contributed by atoms with Crippen molar-refractivity contribution in [1.29, 1.82) is 0 Å². The summed E-state index contributed by atoms with van der Waals surface area (Å²) >= 11 is 0. The highest BCUT2D eigenvalue weighted by Crippen LogP contribution is 2.36. The summed E-state index contributed by atoms with van der Waals surface area (Å²) in [5.41, 5.74) is 9.16. The first kappa shape index (κ1) is 26.2. The quantitative estimate of drug-likeness (QED) is 0.296. The van der Waals surface area contributed by atoms with Gasteiger partial charge in [-0.15, -0.1) is 0 Å². The zero-order valence-corrected chi connectivity index (χ0v) is 22.4. The number of nitrogen functional groups attached to an aromatic ring is 1. The molecule has 0 amide bonds. The van der Waals surface area contributed by atoms with Crippen LogP contribution in [0.1, 0.15) is 28.1 Å². The van der Waals surface area contributed by atoms with E-state index in [4.69, 9.17) is 10.7 Å². The molecule has 0 aliphatic heterocycles. The Morgan fingerprint density at radius 1 is 0.902 bits per heavy atom. The Morgan fingerprint density at radius 2 is 1.66 bits per heavy atom. The molecule has 0 radical (unpaired) electrons. The van der Waals surface area contributed by atoms with Crippen LogP contribution in [-0.4, -0.2) is 29.3 Å². The number of nitrogens with zero attached hydrogens (tertiary/aromatic N) is 6. The van der Waals surface area contributed by atoms with E-state index in [2.05, 4.69) is 15.1 Å². The maximum absolute atomic E-state index is 14.0. The van der Waals surface area contributed by atoms with Gasteiger partial charge in [-0.2, -0.15) is 18.3 Å². The number of anilines is 1. The summed E-state index contributed by atoms with van der Waals surface area (Å²) in [5.74, 6) is 0.445. The van der Waals surface area contributed by atoms with E-state index < -0.39 is 11.7 Å². The normalized spacial score (nSPS) is 12.0. The van der Waals surface area contributed by atoms with Gasteiger partial charge in [0.05, 0.1) is 27.5 Å². The number of fused-ring (bicyclic) bond motifs is 2. The molecule has 11 heteroatoms. The summed E-state index contributed by atoms with van der Waals surface area (Å²) in [6.07, 6.45) is -3.28. The molecule has 0 spiro atoms. The van der Waals surface area contributed by atoms with Crippen molar-refractivity contribution >= 4 is 27.8 Å². The van der Waals surface area contributed by atoms with Crippen molar-refractivity contribution in [2.75, 3.05) is 5.73 Å². The van der Waals surface area contributed by atoms with E-state index in [0.29, 0.717) is 39.0 Å². The van der Waals surface area contributed by atoms with Gasteiger partial charge in [0.25, 0.3) is 5.56 Å². The van der Waals surface area contributed by atoms with E-state index in [1.165, 1.54) is 11.0 Å². The summed E-state index contributed by atoms with van der Waals surface area (Å²) in [6.45, 7) is 5.33. The number of alkyl halides is 3. The van der Waals surface area contributed by atoms with Crippen LogP contribution in [0.3, 0.4) is 0 Å². The highest BCUT2D eigenvalue weighted by atomic mass is 19.4. The SMILES string of the molecule is Cc1cc(-c2nn(Cc3nc4cccc(C)c4c(=O)n3-c3ccccc3C)c3ncnc(N)c23)cc(C(F)(F)F)c1. The highest BCUT2D eigenvalue weighted by Gasteiger charge is 2.32. The molecule has 206 valence electrons. The minimum Gasteiger partial charge on any atom is -0.383 e. The van der Waals surface area contributed by atoms with Crippen molar-refractivity contribution in [3.8, 4) is 16.9 Å². The van der Waals surface area contributed by atoms with Crippen LogP contribution >= 0.6 is 0 Å². The minimum atomic E-state index is -4.54. The summed E-state index contributed by atoms with van der Waals surface area (Å²) in [4.78, 5) is 27.3. The third-order valence-corrected chi connectivity index (χ3v) is 7.06. The molecule has 0 fully saturated rings. The Labute approximate surface area is 231 Å². The second-order valence-corrected chi connectivity index (χ2v) is 9.97. The molecule has 0 aliphatic rings. The number of benzene rings is 3. The summed E-state index contributed by atoms with van der Waals surface area (Å²) in [6, 6.07) is 16.6. The van der Waals surface area contributed by atoms with Gasteiger partial charge in [0.15, 0.2) is 5.65 Å². The topological polar surface area (TPSA) is 105 Å². The number of nitrogens with two attached hydrogens (primary N) is 1. The van der Waals surface area contributed by atoms with Crippen molar-refractivity contribution in [3.63, 3.8) is 0 Å². The lowest BCUT2D eigenvalue weighted by Crippen LogP contribution is -2.26. The summed E-state index contributed by atoms with van der Waals surface area (Å²) in [5, 5.41) is 5.49. The molecular weight excluding hydrogens is 531 g/mol. The molecular formula is C30H24F3N7O. The maximum Gasteiger partial charge on any atom is 0.416 e. The largest absolute Gasteiger partial charge is 0.416 e. The standard InChI is InChI=1S/C30H24F3N7O/c1-16-11-19(13-20(12-16)30(31,32)33)26-25-27(34)35-15-36-28(25)39(38-26)14-23-37-21-9-6-8-18(3)24(21)29(41)40(23)22-10-5-4-7-17(22)2/h4-13,15H,14H2,1-3H3,(H2,34,35,36). The van der Waals surface area contributed by atoms with Gasteiger partial charge in [-0.1, -0.05) is 30.3 Å². The van der Waals surface area contributed by atoms with Gasteiger partial charge >= 0.3 is 6.18 Å². The van der Waals surface area contributed by atoms with Gasteiger partial charge in [-0.3, -0.25) is 9.36 Å². The van der Waals surface area contributed by atoms with Gasteiger partial charge in [0, 0.05) is 5.56 Å². The molecule has 3 aromatic heterocycles. The lowest BCUT2D eigenvalue weighted by molar-refractivity contribution is -0.137. The van der Waals surface area contributed by atoms with Crippen LogP contribution in [0.4, 0.5) is 19.0 Å². The van der Waals surface area contributed by atoms with Crippen LogP contribution in [-0.2, 0) is 12.7 Å². The number of aromatic nitrogens is 6. The van der Waals surface area contributed by atoms with Crippen LogP contribution < -0.4 is 11.3 Å². The van der Waals surface area contributed by atoms with Gasteiger partial charge in [0.1, 0.15) is 30.2 Å². The predicted molar refractivity (Wildman–Crippen MR) is 151 cm³/mol. The number of rotatable bonds is 4. The summed E-state index contributed by atoms with van der Waals surface area (Å²) < 4.78 is 44.0. The number of halogens is 3. The molecule has 6 rings (SSSR count). The second kappa shape index (κ2) is 9.54. The predicted octanol–water partition coefficient (Wildman–Crippen LogP) is 5.77. The van der Waals surface area contributed by atoms with Gasteiger partial charge in [0.2, 0.25) is 0 Å². The average molecular weight is 556 g/mol. The smallest absolute Gasteiger partial charge is 0.383 e.